The van der Waals surface area contributed by atoms with Crippen LogP contribution in [0.3, 0.4) is 0 Å². The summed E-state index contributed by atoms with van der Waals surface area (Å²) in [6, 6.07) is 19.5. The number of hydrogen-bond acceptors (Lipinski definition) is 4. The molecule has 2 aliphatic rings. The first-order valence-corrected chi connectivity index (χ1v) is 10.9. The summed E-state index contributed by atoms with van der Waals surface area (Å²) in [5.41, 5.74) is 10.8. The van der Waals surface area contributed by atoms with Gasteiger partial charge in [0.05, 0.1) is 11.5 Å². The van der Waals surface area contributed by atoms with Crippen molar-refractivity contribution in [3.63, 3.8) is 0 Å². The maximum Gasteiger partial charge on any atom is 0.0866 e. The quantitative estimate of drug-likeness (QED) is 0.811. The standard InChI is InChI=1S/C13H19NO.C13H15NO/c2*1-11-2-4-12(5-3-11)13(10-14)6-8-15-9-7-13/h2-5H,6-10,14H2,1H3;2-5H,6-9H2,1H3. The first-order chi connectivity index (χ1) is 14.5. The van der Waals surface area contributed by atoms with E-state index in [1.807, 2.05) is 0 Å². The van der Waals surface area contributed by atoms with Gasteiger partial charge in [-0.1, -0.05) is 59.7 Å². The fourth-order valence-electron chi connectivity index (χ4n) is 4.34. The minimum atomic E-state index is -0.314. The topological polar surface area (TPSA) is 68.3 Å². The SMILES string of the molecule is Cc1ccc(C2(C#N)CCOCC2)cc1.Cc1ccc(C2(CN)CCOCC2)cc1. The lowest BCUT2D eigenvalue weighted by molar-refractivity contribution is 0.0529. The van der Waals surface area contributed by atoms with E-state index in [1.54, 1.807) is 0 Å². The summed E-state index contributed by atoms with van der Waals surface area (Å²) in [6.45, 7) is 7.97. The summed E-state index contributed by atoms with van der Waals surface area (Å²) in [7, 11) is 0. The fraction of sp³-hybridized carbons (Fsp3) is 0.500. The van der Waals surface area contributed by atoms with Crippen LogP contribution in [0, 0.1) is 25.2 Å². The van der Waals surface area contributed by atoms with E-state index in [2.05, 4.69) is 68.4 Å². The molecule has 2 aliphatic heterocycles. The first-order valence-electron chi connectivity index (χ1n) is 10.9. The predicted octanol–water partition coefficient (Wildman–Crippen LogP) is 4.57. The molecule has 30 heavy (non-hydrogen) atoms. The molecule has 0 unspecified atom stereocenters. The van der Waals surface area contributed by atoms with Crippen LogP contribution in [0.5, 0.6) is 0 Å². The molecule has 2 saturated heterocycles. The van der Waals surface area contributed by atoms with Crippen LogP contribution >= 0.6 is 0 Å². The van der Waals surface area contributed by atoms with Crippen LogP contribution in [0.15, 0.2) is 48.5 Å². The molecule has 4 nitrogen and oxygen atoms in total. The number of nitrogens with two attached hydrogens (primary N) is 1. The average molecular weight is 407 g/mol. The molecule has 0 spiro atoms. The molecule has 0 aliphatic carbocycles. The Balaban J connectivity index is 0.000000171. The van der Waals surface area contributed by atoms with Gasteiger partial charge >= 0.3 is 0 Å². The maximum atomic E-state index is 9.36. The van der Waals surface area contributed by atoms with Gasteiger partial charge in [-0.3, -0.25) is 0 Å². The molecule has 2 fully saturated rings. The molecule has 4 heteroatoms. The molecule has 0 aromatic heterocycles. The van der Waals surface area contributed by atoms with Gasteiger partial charge in [0.2, 0.25) is 0 Å². The second-order valence-corrected chi connectivity index (χ2v) is 8.64. The number of aryl methyl sites for hydroxylation is 2. The summed E-state index contributed by atoms with van der Waals surface area (Å²) in [4.78, 5) is 0. The van der Waals surface area contributed by atoms with E-state index in [4.69, 9.17) is 15.2 Å². The highest BCUT2D eigenvalue weighted by Crippen LogP contribution is 2.34. The summed E-state index contributed by atoms with van der Waals surface area (Å²) in [5.74, 6) is 0. The van der Waals surface area contributed by atoms with E-state index < -0.39 is 0 Å². The van der Waals surface area contributed by atoms with Gasteiger partial charge in [0, 0.05) is 38.4 Å². The van der Waals surface area contributed by atoms with Crippen LogP contribution in [-0.4, -0.2) is 33.0 Å². The highest BCUT2D eigenvalue weighted by Gasteiger charge is 2.34. The van der Waals surface area contributed by atoms with Crippen molar-refractivity contribution in [2.45, 2.75) is 50.4 Å². The van der Waals surface area contributed by atoms with E-state index in [0.29, 0.717) is 13.2 Å². The van der Waals surface area contributed by atoms with Crippen molar-refractivity contribution >= 4 is 0 Å². The zero-order valence-corrected chi connectivity index (χ0v) is 18.3. The lowest BCUT2D eigenvalue weighted by Crippen LogP contribution is -2.40. The average Bonchev–Trinajstić information content (AvgIpc) is 2.81. The van der Waals surface area contributed by atoms with Crippen molar-refractivity contribution in [3.05, 3.63) is 70.8 Å². The zero-order chi connectivity index (χ0) is 21.5. The van der Waals surface area contributed by atoms with Crippen LogP contribution in [-0.2, 0) is 20.3 Å². The second-order valence-electron chi connectivity index (χ2n) is 8.64. The predicted molar refractivity (Wildman–Crippen MR) is 120 cm³/mol. The van der Waals surface area contributed by atoms with Gasteiger partial charge in [0.15, 0.2) is 0 Å². The van der Waals surface area contributed by atoms with Crippen LogP contribution in [0.4, 0.5) is 0 Å². The Morgan fingerprint density at radius 3 is 1.63 bits per heavy atom. The van der Waals surface area contributed by atoms with E-state index in [-0.39, 0.29) is 10.8 Å². The Kier molecular flexibility index (Phi) is 7.66. The minimum absolute atomic E-state index is 0.159. The smallest absolute Gasteiger partial charge is 0.0866 e. The Morgan fingerprint density at radius 2 is 1.20 bits per heavy atom. The van der Waals surface area contributed by atoms with Crippen molar-refractivity contribution in [1.29, 1.82) is 5.26 Å². The number of nitrogens with zero attached hydrogens (tertiary/aromatic N) is 1. The molecular weight excluding hydrogens is 372 g/mol. The number of ether oxygens (including phenoxy) is 2. The maximum absolute atomic E-state index is 9.36. The molecule has 0 saturated carbocycles. The van der Waals surface area contributed by atoms with Crippen molar-refractivity contribution < 1.29 is 9.47 Å². The zero-order valence-electron chi connectivity index (χ0n) is 18.3. The molecule has 0 atom stereocenters. The van der Waals surface area contributed by atoms with Crippen LogP contribution in [0.1, 0.15) is 47.9 Å². The number of rotatable bonds is 3. The summed E-state index contributed by atoms with van der Waals surface area (Å²) >= 11 is 0. The van der Waals surface area contributed by atoms with E-state index in [0.717, 1.165) is 51.0 Å². The Bertz CT molecular complexity index is 825. The molecular formula is C26H34N2O2. The Hall–Kier alpha value is -2.19. The third-order valence-electron chi connectivity index (χ3n) is 6.67. The molecule has 2 N–H and O–H groups in total. The van der Waals surface area contributed by atoms with Crippen molar-refractivity contribution in [1.82, 2.24) is 0 Å². The fourth-order valence-corrected chi connectivity index (χ4v) is 4.34. The highest BCUT2D eigenvalue weighted by atomic mass is 16.5. The third-order valence-corrected chi connectivity index (χ3v) is 6.67. The summed E-state index contributed by atoms with van der Waals surface area (Å²) < 4.78 is 10.7. The van der Waals surface area contributed by atoms with Crippen molar-refractivity contribution in [2.24, 2.45) is 5.73 Å². The molecule has 2 heterocycles. The monoisotopic (exact) mass is 406 g/mol. The van der Waals surface area contributed by atoms with Gasteiger partial charge in [0.25, 0.3) is 0 Å². The van der Waals surface area contributed by atoms with Gasteiger partial charge in [-0.25, -0.2) is 0 Å². The van der Waals surface area contributed by atoms with Crippen LogP contribution < -0.4 is 5.73 Å². The number of nitriles is 1. The molecule has 4 rings (SSSR count). The first kappa shape index (κ1) is 22.5. The Morgan fingerprint density at radius 1 is 0.767 bits per heavy atom. The molecule has 0 bridgehead atoms. The van der Waals surface area contributed by atoms with E-state index in [1.165, 1.54) is 16.7 Å². The highest BCUT2D eigenvalue weighted by molar-refractivity contribution is 5.35. The summed E-state index contributed by atoms with van der Waals surface area (Å²) in [6.07, 6.45) is 3.72. The van der Waals surface area contributed by atoms with E-state index >= 15 is 0 Å². The molecule has 160 valence electrons. The molecule has 2 aromatic rings. The van der Waals surface area contributed by atoms with Gasteiger partial charge in [-0.05, 0) is 50.7 Å². The number of benzene rings is 2. The van der Waals surface area contributed by atoms with Crippen molar-refractivity contribution in [2.75, 3.05) is 33.0 Å². The third kappa shape index (κ3) is 5.10. The largest absolute Gasteiger partial charge is 0.381 e. The van der Waals surface area contributed by atoms with Gasteiger partial charge < -0.3 is 15.2 Å². The summed E-state index contributed by atoms with van der Waals surface area (Å²) in [5, 5.41) is 9.36. The van der Waals surface area contributed by atoms with Crippen LogP contribution in [0.2, 0.25) is 0 Å². The minimum Gasteiger partial charge on any atom is -0.381 e. The normalized spacial score (nSPS) is 19.8. The number of hydrogen-bond donors (Lipinski definition) is 1. The van der Waals surface area contributed by atoms with E-state index in [9.17, 15) is 5.26 Å². The van der Waals surface area contributed by atoms with Crippen molar-refractivity contribution in [3.8, 4) is 6.07 Å². The van der Waals surface area contributed by atoms with Crippen LogP contribution in [0.25, 0.3) is 0 Å². The lowest BCUT2D eigenvalue weighted by Gasteiger charge is -2.36. The molecule has 2 aromatic carbocycles. The molecule has 0 amide bonds. The molecule has 0 radical (unpaired) electrons. The lowest BCUT2D eigenvalue weighted by atomic mass is 9.74. The van der Waals surface area contributed by atoms with Gasteiger partial charge in [-0.15, -0.1) is 0 Å². The van der Waals surface area contributed by atoms with Gasteiger partial charge in [-0.2, -0.15) is 5.26 Å². The Labute approximate surface area is 181 Å². The second kappa shape index (κ2) is 10.2. The van der Waals surface area contributed by atoms with Gasteiger partial charge in [0.1, 0.15) is 0 Å².